The molecule has 0 unspecified atom stereocenters. The van der Waals surface area contributed by atoms with Gasteiger partial charge in [0.25, 0.3) is 0 Å². The summed E-state index contributed by atoms with van der Waals surface area (Å²) >= 11 is 0. The van der Waals surface area contributed by atoms with E-state index in [0.717, 1.165) is 0 Å². The maximum atomic E-state index is 6.27. The van der Waals surface area contributed by atoms with Crippen LogP contribution in [-0.4, -0.2) is 7.85 Å². The van der Waals surface area contributed by atoms with Crippen molar-refractivity contribution in [3.63, 3.8) is 0 Å². The molecule has 0 spiro atoms. The average molecular weight is 178 g/mol. The summed E-state index contributed by atoms with van der Waals surface area (Å²) < 4.78 is 0. The van der Waals surface area contributed by atoms with E-state index < -0.39 is 0 Å². The summed E-state index contributed by atoms with van der Waals surface area (Å²) in [5.74, 6) is 0. The molecule has 1 rings (SSSR count). The molecule has 1 saturated carbocycles. The second kappa shape index (κ2) is 5.72. The minimum Gasteiger partial charge on any atom is -0.0661 e. The first-order valence-corrected chi connectivity index (χ1v) is 6.06. The van der Waals surface area contributed by atoms with Crippen molar-refractivity contribution in [3.05, 3.63) is 0 Å². The number of hydrogen-bond donors (Lipinski definition) is 0. The Kier molecular flexibility index (Phi) is 4.91. The molecule has 0 N–H and O–H groups in total. The van der Waals surface area contributed by atoms with E-state index in [-0.39, 0.29) is 5.31 Å². The van der Waals surface area contributed by atoms with E-state index in [9.17, 15) is 0 Å². The molecule has 0 atom stereocenters. The Bertz CT molecular complexity index is 125. The zero-order chi connectivity index (χ0) is 9.57. The maximum absolute atomic E-state index is 6.27. The van der Waals surface area contributed by atoms with Gasteiger partial charge in [0.15, 0.2) is 0 Å². The van der Waals surface area contributed by atoms with E-state index >= 15 is 0 Å². The molecule has 2 radical (unpaired) electrons. The highest BCUT2D eigenvalue weighted by atomic mass is 14.3. The van der Waals surface area contributed by atoms with Crippen LogP contribution in [0.1, 0.15) is 71.1 Å². The average Bonchev–Trinajstić information content (AvgIpc) is 2.53. The highest BCUT2D eigenvalue weighted by molar-refractivity contribution is 6.15. The van der Waals surface area contributed by atoms with Crippen molar-refractivity contribution in [3.8, 4) is 0 Å². The second-order valence-electron chi connectivity index (χ2n) is 4.73. The Morgan fingerprint density at radius 2 is 1.62 bits per heavy atom. The van der Waals surface area contributed by atoms with Gasteiger partial charge in [-0.25, -0.2) is 0 Å². The molecule has 0 aromatic heterocycles. The van der Waals surface area contributed by atoms with Crippen LogP contribution in [0.5, 0.6) is 0 Å². The van der Waals surface area contributed by atoms with Crippen LogP contribution in [0.2, 0.25) is 5.31 Å². The molecule has 74 valence electrons. The fourth-order valence-corrected chi connectivity index (χ4v) is 2.41. The van der Waals surface area contributed by atoms with Gasteiger partial charge in [-0.3, -0.25) is 0 Å². The molecule has 0 aromatic carbocycles. The zero-order valence-electron chi connectivity index (χ0n) is 9.15. The van der Waals surface area contributed by atoms with E-state index in [1.54, 1.807) is 0 Å². The van der Waals surface area contributed by atoms with Crippen molar-refractivity contribution in [2.45, 2.75) is 76.4 Å². The molecule has 1 heteroatoms. The van der Waals surface area contributed by atoms with Crippen molar-refractivity contribution >= 4 is 7.85 Å². The topological polar surface area (TPSA) is 0 Å². The van der Waals surface area contributed by atoms with Gasteiger partial charge in [-0.1, -0.05) is 76.4 Å². The monoisotopic (exact) mass is 178 g/mol. The van der Waals surface area contributed by atoms with Crippen LogP contribution in [0.15, 0.2) is 0 Å². The summed E-state index contributed by atoms with van der Waals surface area (Å²) in [5, 5.41) is 0.242. The highest BCUT2D eigenvalue weighted by Gasteiger charge is 2.26. The minimum absolute atomic E-state index is 0.242. The Morgan fingerprint density at radius 3 is 2.23 bits per heavy atom. The van der Waals surface area contributed by atoms with E-state index in [2.05, 4.69) is 6.92 Å². The molecule has 0 nitrogen and oxygen atoms in total. The third kappa shape index (κ3) is 4.20. The predicted octanol–water partition coefficient (Wildman–Crippen LogP) is 4.25. The zero-order valence-corrected chi connectivity index (χ0v) is 9.15. The Morgan fingerprint density at radius 1 is 1.00 bits per heavy atom. The van der Waals surface area contributed by atoms with Gasteiger partial charge < -0.3 is 0 Å². The third-order valence-corrected chi connectivity index (χ3v) is 3.38. The molecular formula is C12H23B. The number of hydrogen-bond acceptors (Lipinski definition) is 0. The smallest absolute Gasteiger partial charge is 0.0661 e. The molecule has 0 aliphatic heterocycles. The molecule has 0 amide bonds. The largest absolute Gasteiger partial charge is 0.0746 e. The van der Waals surface area contributed by atoms with Crippen molar-refractivity contribution in [2.24, 2.45) is 0 Å². The Hall–Kier alpha value is 0.0649. The predicted molar refractivity (Wildman–Crippen MR) is 60.3 cm³/mol. The molecule has 0 saturated heterocycles. The summed E-state index contributed by atoms with van der Waals surface area (Å²) in [6.45, 7) is 2.27. The van der Waals surface area contributed by atoms with E-state index in [0.29, 0.717) is 0 Å². The fraction of sp³-hybridized carbons (Fsp3) is 1.00. The first-order valence-electron chi connectivity index (χ1n) is 6.06. The van der Waals surface area contributed by atoms with E-state index in [1.165, 1.54) is 64.2 Å². The normalized spacial score (nSPS) is 20.7. The van der Waals surface area contributed by atoms with Gasteiger partial charge in [-0.05, 0) is 0 Å². The number of rotatable bonds is 6. The summed E-state index contributed by atoms with van der Waals surface area (Å²) in [4.78, 5) is 0. The summed E-state index contributed by atoms with van der Waals surface area (Å²) in [6, 6.07) is 0. The van der Waals surface area contributed by atoms with E-state index in [4.69, 9.17) is 7.85 Å². The summed E-state index contributed by atoms with van der Waals surface area (Å²) in [6.07, 6.45) is 13.5. The van der Waals surface area contributed by atoms with Gasteiger partial charge in [0.05, 0.1) is 7.85 Å². The van der Waals surface area contributed by atoms with Crippen LogP contribution >= 0.6 is 0 Å². The lowest BCUT2D eigenvalue weighted by Crippen LogP contribution is -2.06. The highest BCUT2D eigenvalue weighted by Crippen LogP contribution is 2.45. The van der Waals surface area contributed by atoms with Crippen molar-refractivity contribution in [1.29, 1.82) is 0 Å². The van der Waals surface area contributed by atoms with Crippen LogP contribution in [0.4, 0.5) is 0 Å². The molecule has 0 heterocycles. The van der Waals surface area contributed by atoms with Crippen LogP contribution in [0.25, 0.3) is 0 Å². The van der Waals surface area contributed by atoms with Crippen molar-refractivity contribution in [1.82, 2.24) is 0 Å². The second-order valence-corrected chi connectivity index (χ2v) is 4.73. The fourth-order valence-electron chi connectivity index (χ4n) is 2.41. The minimum atomic E-state index is 0.242. The molecule has 1 fully saturated rings. The van der Waals surface area contributed by atoms with Gasteiger partial charge in [0.1, 0.15) is 0 Å². The number of unbranched alkanes of at least 4 members (excludes halogenated alkanes) is 4. The SMILES string of the molecule is [B]C1(CCCCCCC)CCCC1. The van der Waals surface area contributed by atoms with Gasteiger partial charge in [-0.2, -0.15) is 0 Å². The van der Waals surface area contributed by atoms with Gasteiger partial charge >= 0.3 is 0 Å². The van der Waals surface area contributed by atoms with Crippen LogP contribution < -0.4 is 0 Å². The van der Waals surface area contributed by atoms with Gasteiger partial charge in [0.2, 0.25) is 0 Å². The maximum Gasteiger partial charge on any atom is 0.0746 e. The lowest BCUT2D eigenvalue weighted by Gasteiger charge is -2.23. The van der Waals surface area contributed by atoms with Crippen LogP contribution in [0.3, 0.4) is 0 Å². The van der Waals surface area contributed by atoms with Crippen LogP contribution in [0, 0.1) is 0 Å². The molecule has 1 aliphatic carbocycles. The first kappa shape index (κ1) is 11.1. The van der Waals surface area contributed by atoms with Crippen LogP contribution in [-0.2, 0) is 0 Å². The summed E-state index contributed by atoms with van der Waals surface area (Å²) in [5.41, 5.74) is 0. The Balaban J connectivity index is 1.98. The molecule has 0 aromatic rings. The van der Waals surface area contributed by atoms with Crippen molar-refractivity contribution in [2.75, 3.05) is 0 Å². The Labute approximate surface area is 84.9 Å². The molecule has 0 bridgehead atoms. The molecule has 13 heavy (non-hydrogen) atoms. The lowest BCUT2D eigenvalue weighted by atomic mass is 9.64. The molecular weight excluding hydrogens is 155 g/mol. The summed E-state index contributed by atoms with van der Waals surface area (Å²) in [7, 11) is 6.27. The van der Waals surface area contributed by atoms with E-state index in [1.807, 2.05) is 0 Å². The van der Waals surface area contributed by atoms with Crippen molar-refractivity contribution < 1.29 is 0 Å². The van der Waals surface area contributed by atoms with Gasteiger partial charge in [0, 0.05) is 0 Å². The quantitative estimate of drug-likeness (QED) is 0.421. The lowest BCUT2D eigenvalue weighted by molar-refractivity contribution is 0.484. The first-order chi connectivity index (χ1) is 6.27. The third-order valence-electron chi connectivity index (χ3n) is 3.38. The van der Waals surface area contributed by atoms with Gasteiger partial charge in [-0.15, -0.1) is 0 Å². The standard InChI is InChI=1S/C12H23B/c1-2-3-4-5-6-9-12(13)10-7-8-11-12/h2-11H2,1H3. The molecule has 1 aliphatic rings.